The molecular formula is C19H21FN2O3. The number of amides is 1. The number of halogens is 1. The molecule has 0 bridgehead atoms. The number of morpholine rings is 1. The normalized spacial score (nSPS) is 20.4. The minimum absolute atomic E-state index is 0.0121. The van der Waals surface area contributed by atoms with E-state index in [1.54, 1.807) is 41.4 Å². The summed E-state index contributed by atoms with van der Waals surface area (Å²) in [7, 11) is 0. The minimum atomic E-state index is -0.346. The van der Waals surface area contributed by atoms with Gasteiger partial charge in [-0.05, 0) is 32.0 Å². The van der Waals surface area contributed by atoms with Gasteiger partial charge in [-0.1, -0.05) is 18.2 Å². The van der Waals surface area contributed by atoms with Crippen molar-refractivity contribution >= 4 is 5.91 Å². The lowest BCUT2D eigenvalue weighted by molar-refractivity contribution is -0.0251. The van der Waals surface area contributed by atoms with E-state index < -0.39 is 0 Å². The second-order valence-corrected chi connectivity index (χ2v) is 6.18. The number of pyridine rings is 1. The number of benzene rings is 1. The number of carbonyl (C=O) groups is 1. The molecule has 0 N–H and O–H groups in total. The van der Waals surface area contributed by atoms with Crippen molar-refractivity contribution in [2.75, 3.05) is 13.2 Å². The molecule has 0 spiro atoms. The number of hydrogen-bond acceptors (Lipinski definition) is 4. The SMILES string of the molecule is C[C@@H]1COC[C@@H](C)N1C(=O)c1cccnc1OCc1ccccc1F. The molecule has 2 atom stereocenters. The molecule has 132 valence electrons. The topological polar surface area (TPSA) is 51.7 Å². The Bertz CT molecular complexity index is 743. The first-order chi connectivity index (χ1) is 12.1. The molecule has 2 aromatic rings. The van der Waals surface area contributed by atoms with Gasteiger partial charge in [0.15, 0.2) is 0 Å². The average molecular weight is 344 g/mol. The van der Waals surface area contributed by atoms with Crippen LogP contribution in [0.2, 0.25) is 0 Å². The third-order valence-electron chi connectivity index (χ3n) is 4.23. The summed E-state index contributed by atoms with van der Waals surface area (Å²) in [6.07, 6.45) is 1.56. The Morgan fingerprint density at radius 3 is 2.68 bits per heavy atom. The molecule has 2 heterocycles. The van der Waals surface area contributed by atoms with Gasteiger partial charge in [-0.2, -0.15) is 0 Å². The molecule has 0 saturated carbocycles. The number of ether oxygens (including phenoxy) is 2. The molecule has 1 fully saturated rings. The van der Waals surface area contributed by atoms with Crippen LogP contribution >= 0.6 is 0 Å². The number of hydrogen-bond donors (Lipinski definition) is 0. The molecule has 0 radical (unpaired) electrons. The molecule has 5 nitrogen and oxygen atoms in total. The van der Waals surface area contributed by atoms with Gasteiger partial charge in [-0.15, -0.1) is 0 Å². The Kier molecular flexibility index (Phi) is 5.28. The molecule has 25 heavy (non-hydrogen) atoms. The van der Waals surface area contributed by atoms with Crippen LogP contribution in [-0.4, -0.2) is 41.1 Å². The second-order valence-electron chi connectivity index (χ2n) is 6.18. The van der Waals surface area contributed by atoms with Crippen LogP contribution in [0.15, 0.2) is 42.6 Å². The molecule has 0 unspecified atom stereocenters. The second kappa shape index (κ2) is 7.61. The predicted molar refractivity (Wildman–Crippen MR) is 90.9 cm³/mol. The van der Waals surface area contributed by atoms with E-state index in [4.69, 9.17) is 9.47 Å². The fourth-order valence-electron chi connectivity index (χ4n) is 2.97. The van der Waals surface area contributed by atoms with Crippen LogP contribution < -0.4 is 4.74 Å². The average Bonchev–Trinajstić information content (AvgIpc) is 2.61. The van der Waals surface area contributed by atoms with Crippen molar-refractivity contribution in [3.63, 3.8) is 0 Å². The van der Waals surface area contributed by atoms with Gasteiger partial charge in [-0.25, -0.2) is 9.37 Å². The van der Waals surface area contributed by atoms with Gasteiger partial charge >= 0.3 is 0 Å². The molecule has 1 aromatic carbocycles. The highest BCUT2D eigenvalue weighted by atomic mass is 19.1. The largest absolute Gasteiger partial charge is 0.472 e. The molecule has 1 saturated heterocycles. The van der Waals surface area contributed by atoms with Crippen LogP contribution in [0.3, 0.4) is 0 Å². The van der Waals surface area contributed by atoms with Crippen LogP contribution in [0.4, 0.5) is 4.39 Å². The molecule has 1 amide bonds. The van der Waals surface area contributed by atoms with Gasteiger partial charge in [0.1, 0.15) is 18.0 Å². The Hall–Kier alpha value is -2.47. The van der Waals surface area contributed by atoms with Crippen LogP contribution in [0.1, 0.15) is 29.8 Å². The van der Waals surface area contributed by atoms with E-state index >= 15 is 0 Å². The highest BCUT2D eigenvalue weighted by Crippen LogP contribution is 2.23. The molecular weight excluding hydrogens is 323 g/mol. The van der Waals surface area contributed by atoms with Gasteiger partial charge in [0, 0.05) is 11.8 Å². The fourth-order valence-corrected chi connectivity index (χ4v) is 2.97. The van der Waals surface area contributed by atoms with Crippen molar-refractivity contribution in [3.05, 3.63) is 59.5 Å². The van der Waals surface area contributed by atoms with E-state index in [1.165, 1.54) is 6.07 Å². The van der Waals surface area contributed by atoms with Crippen molar-refractivity contribution in [2.45, 2.75) is 32.5 Å². The van der Waals surface area contributed by atoms with Crippen LogP contribution in [0.5, 0.6) is 5.88 Å². The summed E-state index contributed by atoms with van der Waals surface area (Å²) in [6, 6.07) is 9.69. The monoisotopic (exact) mass is 344 g/mol. The lowest BCUT2D eigenvalue weighted by Gasteiger charge is -2.38. The van der Waals surface area contributed by atoms with Crippen LogP contribution in [0, 0.1) is 5.82 Å². The zero-order valence-corrected chi connectivity index (χ0v) is 14.3. The predicted octanol–water partition coefficient (Wildman–Crippen LogP) is 3.05. The Balaban J connectivity index is 1.81. The van der Waals surface area contributed by atoms with Crippen molar-refractivity contribution in [3.8, 4) is 5.88 Å². The van der Waals surface area contributed by atoms with E-state index in [1.807, 2.05) is 13.8 Å². The zero-order chi connectivity index (χ0) is 17.8. The van der Waals surface area contributed by atoms with E-state index in [0.717, 1.165) is 0 Å². The quantitative estimate of drug-likeness (QED) is 0.855. The summed E-state index contributed by atoms with van der Waals surface area (Å²) in [6.45, 7) is 4.91. The first kappa shape index (κ1) is 17.4. The summed E-state index contributed by atoms with van der Waals surface area (Å²) in [5.41, 5.74) is 0.791. The molecule has 1 aromatic heterocycles. The minimum Gasteiger partial charge on any atom is -0.472 e. The highest BCUT2D eigenvalue weighted by molar-refractivity contribution is 5.96. The van der Waals surface area contributed by atoms with Gasteiger partial charge < -0.3 is 14.4 Å². The van der Waals surface area contributed by atoms with E-state index in [9.17, 15) is 9.18 Å². The molecule has 0 aliphatic carbocycles. The summed E-state index contributed by atoms with van der Waals surface area (Å²) in [4.78, 5) is 19.0. The molecule has 6 heteroatoms. The number of aromatic nitrogens is 1. The molecule has 3 rings (SSSR count). The van der Waals surface area contributed by atoms with Gasteiger partial charge in [-0.3, -0.25) is 4.79 Å². The third-order valence-corrected chi connectivity index (χ3v) is 4.23. The molecule has 1 aliphatic heterocycles. The smallest absolute Gasteiger partial charge is 0.259 e. The maximum Gasteiger partial charge on any atom is 0.259 e. The fraction of sp³-hybridized carbons (Fsp3) is 0.368. The third kappa shape index (κ3) is 3.79. The standard InChI is InChI=1S/C19H21FN2O3/c1-13-10-24-11-14(2)22(13)19(23)16-7-5-9-21-18(16)25-12-15-6-3-4-8-17(15)20/h3-9,13-14H,10-12H2,1-2H3/t13-,14-/m1/s1. The van der Waals surface area contributed by atoms with Crippen LogP contribution in [0.25, 0.3) is 0 Å². The summed E-state index contributed by atoms with van der Waals surface area (Å²) in [5, 5.41) is 0. The van der Waals surface area contributed by atoms with Crippen molar-refractivity contribution in [1.29, 1.82) is 0 Å². The summed E-state index contributed by atoms with van der Waals surface area (Å²) < 4.78 is 24.9. The highest BCUT2D eigenvalue weighted by Gasteiger charge is 2.32. The van der Waals surface area contributed by atoms with E-state index in [-0.39, 0.29) is 36.3 Å². The van der Waals surface area contributed by atoms with Crippen LogP contribution in [-0.2, 0) is 11.3 Å². The maximum absolute atomic E-state index is 13.8. The molecule has 1 aliphatic rings. The van der Waals surface area contributed by atoms with Gasteiger partial charge in [0.25, 0.3) is 5.91 Å². The maximum atomic E-state index is 13.8. The van der Waals surface area contributed by atoms with Crippen molar-refractivity contribution in [1.82, 2.24) is 9.88 Å². The lowest BCUT2D eigenvalue weighted by atomic mass is 10.1. The summed E-state index contributed by atoms with van der Waals surface area (Å²) >= 11 is 0. The van der Waals surface area contributed by atoms with Crippen molar-refractivity contribution < 1.29 is 18.7 Å². The Morgan fingerprint density at radius 2 is 1.96 bits per heavy atom. The van der Waals surface area contributed by atoms with Gasteiger partial charge in [0.05, 0.1) is 25.3 Å². The summed E-state index contributed by atoms with van der Waals surface area (Å²) in [5.74, 6) is -0.289. The Labute approximate surface area is 146 Å². The zero-order valence-electron chi connectivity index (χ0n) is 14.3. The number of nitrogens with zero attached hydrogens (tertiary/aromatic N) is 2. The van der Waals surface area contributed by atoms with E-state index in [0.29, 0.717) is 24.3 Å². The number of rotatable bonds is 4. The lowest BCUT2D eigenvalue weighted by Crippen LogP contribution is -2.52. The van der Waals surface area contributed by atoms with Gasteiger partial charge in [0.2, 0.25) is 5.88 Å². The van der Waals surface area contributed by atoms with Crippen molar-refractivity contribution in [2.24, 2.45) is 0 Å². The first-order valence-electron chi connectivity index (χ1n) is 8.29. The van der Waals surface area contributed by atoms with E-state index in [2.05, 4.69) is 4.98 Å². The first-order valence-corrected chi connectivity index (χ1v) is 8.29. The Morgan fingerprint density at radius 1 is 1.24 bits per heavy atom. The number of carbonyl (C=O) groups excluding carboxylic acids is 1.